The van der Waals surface area contributed by atoms with Gasteiger partial charge in [-0.15, -0.1) is 0 Å². The van der Waals surface area contributed by atoms with Crippen molar-refractivity contribution in [1.82, 2.24) is 0 Å². The molecule has 0 aliphatic rings. The predicted molar refractivity (Wildman–Crippen MR) is 56.0 cm³/mol. The van der Waals surface area contributed by atoms with Gasteiger partial charge in [0, 0.05) is 6.04 Å². The van der Waals surface area contributed by atoms with Gasteiger partial charge in [-0.3, -0.25) is 0 Å². The van der Waals surface area contributed by atoms with Crippen LogP contribution in [0, 0.1) is 0 Å². The smallest absolute Gasteiger partial charge is 0.0262 e. The molecule has 0 rings (SSSR count). The summed E-state index contributed by atoms with van der Waals surface area (Å²) in [6.07, 6.45) is 7.09. The number of nitrogens with two attached hydrogens (primary N) is 1. The van der Waals surface area contributed by atoms with Crippen LogP contribution in [0.3, 0.4) is 0 Å². The van der Waals surface area contributed by atoms with Crippen LogP contribution in [-0.4, -0.2) is 6.04 Å². The number of allylic oxidation sites excluding steroid dienone is 3. The van der Waals surface area contributed by atoms with Gasteiger partial charge >= 0.3 is 0 Å². The van der Waals surface area contributed by atoms with E-state index in [2.05, 4.69) is 13.5 Å². The maximum atomic E-state index is 5.73. The van der Waals surface area contributed by atoms with E-state index >= 15 is 0 Å². The van der Waals surface area contributed by atoms with Crippen molar-refractivity contribution in [1.29, 1.82) is 0 Å². The van der Waals surface area contributed by atoms with E-state index in [-0.39, 0.29) is 6.04 Å². The summed E-state index contributed by atoms with van der Waals surface area (Å²) >= 11 is 0. The molecular formula is C11H19N. The fraction of sp³-hybridized carbons (Fsp3) is 0.455. The molecule has 0 bridgehead atoms. The highest BCUT2D eigenvalue weighted by Crippen LogP contribution is 2.05. The zero-order valence-electron chi connectivity index (χ0n) is 8.30. The van der Waals surface area contributed by atoms with E-state index in [0.717, 1.165) is 17.6 Å². The molecule has 0 saturated heterocycles. The highest BCUT2D eigenvalue weighted by Gasteiger charge is 1.96. The van der Waals surface area contributed by atoms with Crippen LogP contribution in [-0.2, 0) is 0 Å². The molecular weight excluding hydrogens is 146 g/mol. The van der Waals surface area contributed by atoms with Gasteiger partial charge in [0.2, 0.25) is 0 Å². The normalized spacial score (nSPS) is 15.2. The van der Waals surface area contributed by atoms with Crippen molar-refractivity contribution in [3.05, 3.63) is 36.0 Å². The third-order valence-electron chi connectivity index (χ3n) is 1.82. The van der Waals surface area contributed by atoms with E-state index in [4.69, 9.17) is 5.73 Å². The number of hydrogen-bond donors (Lipinski definition) is 1. The molecule has 0 fully saturated rings. The Morgan fingerprint density at radius 3 is 2.42 bits per heavy atom. The van der Waals surface area contributed by atoms with Gasteiger partial charge < -0.3 is 5.73 Å². The van der Waals surface area contributed by atoms with Gasteiger partial charge in [0.05, 0.1) is 0 Å². The molecule has 1 atom stereocenters. The maximum absolute atomic E-state index is 5.73. The maximum Gasteiger partial charge on any atom is 0.0262 e. The summed E-state index contributed by atoms with van der Waals surface area (Å²) in [5.41, 5.74) is 8.02. The first kappa shape index (κ1) is 11.2. The molecule has 0 aliphatic carbocycles. The minimum absolute atomic E-state index is 0.107. The van der Waals surface area contributed by atoms with Crippen molar-refractivity contribution < 1.29 is 0 Å². The summed E-state index contributed by atoms with van der Waals surface area (Å²) in [4.78, 5) is 0. The van der Waals surface area contributed by atoms with Gasteiger partial charge in [-0.05, 0) is 25.8 Å². The van der Waals surface area contributed by atoms with Gasteiger partial charge in [0.15, 0.2) is 0 Å². The summed E-state index contributed by atoms with van der Waals surface area (Å²) in [6, 6.07) is 0.107. The zero-order chi connectivity index (χ0) is 9.56. The first-order valence-electron chi connectivity index (χ1n) is 4.39. The van der Waals surface area contributed by atoms with Crippen molar-refractivity contribution in [3.8, 4) is 0 Å². The molecule has 0 unspecified atom stereocenters. The molecule has 1 nitrogen and oxygen atoms in total. The molecule has 12 heavy (non-hydrogen) atoms. The van der Waals surface area contributed by atoms with E-state index in [1.165, 1.54) is 0 Å². The zero-order valence-corrected chi connectivity index (χ0v) is 8.30. The van der Waals surface area contributed by atoms with Crippen LogP contribution in [0.25, 0.3) is 0 Å². The fourth-order valence-electron chi connectivity index (χ4n) is 0.843. The molecule has 0 spiro atoms. The minimum Gasteiger partial charge on any atom is -0.324 e. The Balaban J connectivity index is 4.22. The van der Waals surface area contributed by atoms with Crippen LogP contribution in [0.4, 0.5) is 0 Å². The largest absolute Gasteiger partial charge is 0.324 e. The molecule has 1 heteroatoms. The minimum atomic E-state index is 0.107. The fourth-order valence-corrected chi connectivity index (χ4v) is 0.843. The summed E-state index contributed by atoms with van der Waals surface area (Å²) in [5.74, 6) is 0. The Morgan fingerprint density at radius 2 is 2.08 bits per heavy atom. The number of hydrogen-bond acceptors (Lipinski definition) is 1. The molecule has 0 aromatic heterocycles. The Hall–Kier alpha value is -0.820. The molecule has 0 aromatic rings. The lowest BCUT2D eigenvalue weighted by Gasteiger charge is -2.04. The van der Waals surface area contributed by atoms with Gasteiger partial charge in [-0.25, -0.2) is 0 Å². The van der Waals surface area contributed by atoms with Crippen molar-refractivity contribution in [3.63, 3.8) is 0 Å². The van der Waals surface area contributed by atoms with Crippen molar-refractivity contribution in [2.45, 2.75) is 33.2 Å². The van der Waals surface area contributed by atoms with Crippen LogP contribution in [0.2, 0.25) is 0 Å². The highest BCUT2D eigenvalue weighted by atomic mass is 14.6. The molecule has 0 amide bonds. The van der Waals surface area contributed by atoms with E-state index in [1.807, 2.05) is 32.1 Å². The SMILES string of the molecule is C=C(/C=C\C(=C/C)[C@H](C)N)CC. The summed E-state index contributed by atoms with van der Waals surface area (Å²) in [7, 11) is 0. The average molecular weight is 165 g/mol. The number of rotatable bonds is 4. The third kappa shape index (κ3) is 4.14. The molecule has 0 saturated carbocycles. The van der Waals surface area contributed by atoms with Crippen LogP contribution in [0.5, 0.6) is 0 Å². The van der Waals surface area contributed by atoms with Crippen LogP contribution in [0.1, 0.15) is 27.2 Å². The molecule has 2 N–H and O–H groups in total. The second kappa shape index (κ2) is 5.78. The quantitative estimate of drug-likeness (QED) is 0.637. The van der Waals surface area contributed by atoms with E-state index in [1.54, 1.807) is 0 Å². The Morgan fingerprint density at radius 1 is 1.50 bits per heavy atom. The Kier molecular flexibility index (Phi) is 5.39. The van der Waals surface area contributed by atoms with Crippen LogP contribution >= 0.6 is 0 Å². The van der Waals surface area contributed by atoms with E-state index in [9.17, 15) is 0 Å². The van der Waals surface area contributed by atoms with Crippen molar-refractivity contribution >= 4 is 0 Å². The highest BCUT2D eigenvalue weighted by molar-refractivity contribution is 5.28. The molecule has 0 aliphatic heterocycles. The standard InChI is InChI=1S/C11H19N/c1-5-9(3)7-8-11(6-2)10(4)12/h6-8,10H,3,5,12H2,1-2,4H3/b8-7-,11-6+/t10-/m0/s1. The average Bonchev–Trinajstić information content (AvgIpc) is 2.04. The molecule has 0 radical (unpaired) electrons. The lowest BCUT2D eigenvalue weighted by atomic mass is 10.1. The molecule has 0 aromatic carbocycles. The summed E-state index contributed by atoms with van der Waals surface area (Å²) in [6.45, 7) is 9.95. The second-order valence-electron chi connectivity index (χ2n) is 2.92. The first-order valence-corrected chi connectivity index (χ1v) is 4.39. The predicted octanol–water partition coefficient (Wildman–Crippen LogP) is 2.80. The molecule has 68 valence electrons. The van der Waals surface area contributed by atoms with Crippen LogP contribution in [0.15, 0.2) is 36.0 Å². The van der Waals surface area contributed by atoms with Gasteiger partial charge in [-0.2, -0.15) is 0 Å². The topological polar surface area (TPSA) is 26.0 Å². The first-order chi connectivity index (χ1) is 5.61. The van der Waals surface area contributed by atoms with Crippen LogP contribution < -0.4 is 5.73 Å². The Bertz CT molecular complexity index is 197. The van der Waals surface area contributed by atoms with E-state index < -0.39 is 0 Å². The second-order valence-corrected chi connectivity index (χ2v) is 2.92. The summed E-state index contributed by atoms with van der Waals surface area (Å²) in [5, 5.41) is 0. The van der Waals surface area contributed by atoms with Gasteiger partial charge in [0.25, 0.3) is 0 Å². The van der Waals surface area contributed by atoms with Gasteiger partial charge in [0.1, 0.15) is 0 Å². The Labute approximate surface area is 75.7 Å². The monoisotopic (exact) mass is 165 g/mol. The summed E-state index contributed by atoms with van der Waals surface area (Å²) < 4.78 is 0. The molecule has 0 heterocycles. The third-order valence-corrected chi connectivity index (χ3v) is 1.82. The lowest BCUT2D eigenvalue weighted by Crippen LogP contribution is -2.16. The van der Waals surface area contributed by atoms with Crippen molar-refractivity contribution in [2.75, 3.05) is 0 Å². The van der Waals surface area contributed by atoms with E-state index in [0.29, 0.717) is 0 Å². The van der Waals surface area contributed by atoms with Crippen molar-refractivity contribution in [2.24, 2.45) is 5.73 Å². The lowest BCUT2D eigenvalue weighted by molar-refractivity contribution is 0.882. The van der Waals surface area contributed by atoms with Gasteiger partial charge in [-0.1, -0.05) is 37.3 Å².